The predicted octanol–water partition coefficient (Wildman–Crippen LogP) is 5.81. The number of H-pyrrole nitrogens is 1. The summed E-state index contributed by atoms with van der Waals surface area (Å²) in [6.45, 7) is 3.37. The van der Waals surface area contributed by atoms with E-state index >= 15 is 0 Å². The molecule has 0 spiro atoms. The summed E-state index contributed by atoms with van der Waals surface area (Å²) in [7, 11) is 0. The molecule has 198 valence electrons. The van der Waals surface area contributed by atoms with E-state index in [0.717, 1.165) is 48.8 Å². The number of piperidine rings is 1. The first-order chi connectivity index (χ1) is 17.6. The maximum Gasteiger partial charge on any atom is 0.490 e. The number of esters is 1. The van der Waals surface area contributed by atoms with Crippen molar-refractivity contribution in [3.8, 4) is 0 Å². The van der Waals surface area contributed by atoms with Gasteiger partial charge in [-0.05, 0) is 61.9 Å². The van der Waals surface area contributed by atoms with Crippen molar-refractivity contribution in [3.05, 3.63) is 70.4 Å². The highest BCUT2D eigenvalue weighted by atomic mass is 35.5. The molecule has 0 unspecified atom stereocenters. The summed E-state index contributed by atoms with van der Waals surface area (Å²) < 4.78 is 43.4. The Labute approximate surface area is 218 Å². The second-order valence-electron chi connectivity index (χ2n) is 9.36. The van der Waals surface area contributed by atoms with Gasteiger partial charge in [0.2, 0.25) is 0 Å². The molecule has 0 aliphatic carbocycles. The Bertz CT molecular complexity index is 1250. The second kappa shape index (κ2) is 11.6. The Balaban J connectivity index is 1.46. The largest absolute Gasteiger partial charge is 0.490 e. The van der Waals surface area contributed by atoms with Gasteiger partial charge in [0, 0.05) is 42.3 Å². The molecule has 0 bridgehead atoms. The van der Waals surface area contributed by atoms with Gasteiger partial charge in [0.1, 0.15) is 6.10 Å². The zero-order valence-electron chi connectivity index (χ0n) is 20.4. The highest BCUT2D eigenvalue weighted by molar-refractivity contribution is 6.30. The van der Waals surface area contributed by atoms with E-state index in [-0.39, 0.29) is 18.5 Å². The second-order valence-corrected chi connectivity index (χ2v) is 9.79. The number of para-hydroxylation sites is 1. The fourth-order valence-electron chi connectivity index (χ4n) is 4.67. The van der Waals surface area contributed by atoms with E-state index < -0.39 is 18.2 Å². The van der Waals surface area contributed by atoms with Crippen LogP contribution in [0.2, 0.25) is 5.02 Å². The van der Waals surface area contributed by atoms with Gasteiger partial charge in [0.25, 0.3) is 5.91 Å². The summed E-state index contributed by atoms with van der Waals surface area (Å²) in [5.74, 6) is -2.24. The number of alkyl halides is 3. The standard InChI is InChI=1S/C27H29ClF3N3O3/c1-17(32-16-23(37-26(36)27(29,30)31)18-7-5-8-20(28)14-18)13-19-15-33-24-21(19)9-6-10-22(24)25(35)34-11-3-2-4-12-34/h5-10,14-15,17,23,32-33H,2-4,11-13,16H2,1H3/t17-,23+/m1/s1. The average molecular weight is 536 g/mol. The quantitative estimate of drug-likeness (QED) is 0.357. The molecule has 37 heavy (non-hydrogen) atoms. The molecule has 2 heterocycles. The molecule has 0 radical (unpaired) electrons. The number of hydrogen-bond donors (Lipinski definition) is 2. The number of nitrogens with one attached hydrogen (secondary N) is 2. The van der Waals surface area contributed by atoms with Gasteiger partial charge >= 0.3 is 12.1 Å². The lowest BCUT2D eigenvalue weighted by molar-refractivity contribution is -0.205. The highest BCUT2D eigenvalue weighted by Gasteiger charge is 2.42. The summed E-state index contributed by atoms with van der Waals surface area (Å²) in [5, 5.41) is 4.42. The zero-order chi connectivity index (χ0) is 26.6. The average Bonchev–Trinajstić information content (AvgIpc) is 3.28. The monoisotopic (exact) mass is 535 g/mol. The molecule has 1 amide bonds. The third kappa shape index (κ3) is 6.64. The lowest BCUT2D eigenvalue weighted by Crippen LogP contribution is -2.36. The number of rotatable bonds is 8. The maximum absolute atomic E-state index is 13.1. The van der Waals surface area contributed by atoms with Gasteiger partial charge in [-0.15, -0.1) is 0 Å². The summed E-state index contributed by atoms with van der Waals surface area (Å²) >= 11 is 6.00. The van der Waals surface area contributed by atoms with Gasteiger partial charge in [-0.3, -0.25) is 4.79 Å². The van der Waals surface area contributed by atoms with Crippen molar-refractivity contribution in [2.75, 3.05) is 19.6 Å². The number of nitrogens with zero attached hydrogens (tertiary/aromatic N) is 1. The van der Waals surface area contributed by atoms with Gasteiger partial charge in [-0.2, -0.15) is 13.2 Å². The molecule has 3 aromatic rings. The van der Waals surface area contributed by atoms with Crippen LogP contribution in [0.4, 0.5) is 13.2 Å². The number of hydrogen-bond acceptors (Lipinski definition) is 4. The molecule has 2 atom stereocenters. The van der Waals surface area contributed by atoms with Crippen LogP contribution in [0.3, 0.4) is 0 Å². The molecule has 1 saturated heterocycles. The molecule has 0 saturated carbocycles. The van der Waals surface area contributed by atoms with Gasteiger partial charge in [0.05, 0.1) is 11.1 Å². The maximum atomic E-state index is 13.1. The topological polar surface area (TPSA) is 74.4 Å². The number of likely N-dealkylation sites (tertiary alicyclic amines) is 1. The van der Waals surface area contributed by atoms with E-state index in [1.165, 1.54) is 6.07 Å². The number of ether oxygens (including phenoxy) is 1. The molecular weight excluding hydrogens is 507 g/mol. The molecule has 2 aromatic carbocycles. The van der Waals surface area contributed by atoms with Gasteiger partial charge in [-0.25, -0.2) is 4.79 Å². The number of amides is 1. The first kappa shape index (κ1) is 27.0. The van der Waals surface area contributed by atoms with E-state index in [1.807, 2.05) is 36.2 Å². The van der Waals surface area contributed by atoms with Crippen LogP contribution in [-0.2, 0) is 16.0 Å². The summed E-state index contributed by atoms with van der Waals surface area (Å²) in [5.41, 5.74) is 2.73. The fourth-order valence-corrected chi connectivity index (χ4v) is 4.87. The number of halogens is 4. The molecule has 1 fully saturated rings. The zero-order valence-corrected chi connectivity index (χ0v) is 21.2. The lowest BCUT2D eigenvalue weighted by Gasteiger charge is -2.27. The number of fused-ring (bicyclic) bond motifs is 1. The Morgan fingerprint density at radius 1 is 1.14 bits per heavy atom. The molecule has 10 heteroatoms. The molecule has 1 aromatic heterocycles. The van der Waals surface area contributed by atoms with Crippen molar-refractivity contribution in [3.63, 3.8) is 0 Å². The third-order valence-corrected chi connectivity index (χ3v) is 6.79. The summed E-state index contributed by atoms with van der Waals surface area (Å²) in [6, 6.07) is 11.7. The first-order valence-electron chi connectivity index (χ1n) is 12.3. The van der Waals surface area contributed by atoms with Crippen LogP contribution in [0, 0.1) is 0 Å². The van der Waals surface area contributed by atoms with Crippen molar-refractivity contribution < 1.29 is 27.5 Å². The number of aromatic amines is 1. The van der Waals surface area contributed by atoms with Crippen molar-refractivity contribution >= 4 is 34.4 Å². The first-order valence-corrected chi connectivity index (χ1v) is 12.7. The van der Waals surface area contributed by atoms with E-state index in [4.69, 9.17) is 16.3 Å². The predicted molar refractivity (Wildman–Crippen MR) is 136 cm³/mol. The number of carbonyl (C=O) groups is 2. The molecular formula is C27H29ClF3N3O3. The molecule has 2 N–H and O–H groups in total. The minimum absolute atomic E-state index is 0.0146. The normalized spacial score (nSPS) is 16.0. The summed E-state index contributed by atoms with van der Waals surface area (Å²) in [4.78, 5) is 29.8. The SMILES string of the molecule is C[C@H](Cc1c[nH]c2c(C(=O)N3CCCCC3)cccc12)NC[C@H](OC(=O)C(F)(F)F)c1cccc(Cl)c1. The minimum Gasteiger partial charge on any atom is -0.449 e. The van der Waals surface area contributed by atoms with Crippen molar-refractivity contribution in [2.24, 2.45) is 0 Å². The van der Waals surface area contributed by atoms with Gasteiger partial charge in [-0.1, -0.05) is 35.9 Å². The fraction of sp³-hybridized carbons (Fsp3) is 0.407. The minimum atomic E-state index is -5.10. The lowest BCUT2D eigenvalue weighted by atomic mass is 10.0. The Kier molecular flexibility index (Phi) is 8.44. The molecule has 4 rings (SSSR count). The Hall–Kier alpha value is -3.04. The number of benzene rings is 2. The van der Waals surface area contributed by atoms with Crippen molar-refractivity contribution in [1.82, 2.24) is 15.2 Å². The van der Waals surface area contributed by atoms with Crippen LogP contribution in [0.1, 0.15) is 53.8 Å². The summed E-state index contributed by atoms with van der Waals surface area (Å²) in [6.07, 6.45) is -0.725. The molecule has 1 aliphatic heterocycles. The molecule has 1 aliphatic rings. The van der Waals surface area contributed by atoms with Crippen LogP contribution in [0.15, 0.2) is 48.7 Å². The van der Waals surface area contributed by atoms with Crippen molar-refractivity contribution in [1.29, 1.82) is 0 Å². The van der Waals surface area contributed by atoms with E-state index in [9.17, 15) is 22.8 Å². The van der Waals surface area contributed by atoms with E-state index in [1.54, 1.807) is 18.2 Å². The van der Waals surface area contributed by atoms with E-state index in [0.29, 0.717) is 22.6 Å². The third-order valence-electron chi connectivity index (χ3n) is 6.55. The number of carbonyl (C=O) groups excluding carboxylic acids is 2. The van der Waals surface area contributed by atoms with Crippen LogP contribution in [-0.4, -0.2) is 53.6 Å². The van der Waals surface area contributed by atoms with Gasteiger partial charge in [0.15, 0.2) is 0 Å². The Morgan fingerprint density at radius 2 is 1.86 bits per heavy atom. The van der Waals surface area contributed by atoms with Crippen LogP contribution < -0.4 is 5.32 Å². The van der Waals surface area contributed by atoms with E-state index in [2.05, 4.69) is 10.3 Å². The number of aromatic nitrogens is 1. The molecule has 6 nitrogen and oxygen atoms in total. The van der Waals surface area contributed by atoms with Crippen LogP contribution in [0.25, 0.3) is 10.9 Å². The van der Waals surface area contributed by atoms with Crippen LogP contribution in [0.5, 0.6) is 0 Å². The van der Waals surface area contributed by atoms with Crippen LogP contribution >= 0.6 is 11.6 Å². The van der Waals surface area contributed by atoms with Crippen molar-refractivity contribution in [2.45, 2.75) is 50.9 Å². The Morgan fingerprint density at radius 3 is 2.57 bits per heavy atom. The highest BCUT2D eigenvalue weighted by Crippen LogP contribution is 2.27. The smallest absolute Gasteiger partial charge is 0.449 e. The van der Waals surface area contributed by atoms with Gasteiger partial charge < -0.3 is 19.9 Å².